The Hall–Kier alpha value is -0.300. The highest BCUT2D eigenvalue weighted by Crippen LogP contribution is 2.19. The van der Waals surface area contributed by atoms with Crippen LogP contribution in [0.4, 0.5) is 0 Å². The van der Waals surface area contributed by atoms with Crippen molar-refractivity contribution in [2.24, 2.45) is 0 Å². The number of hydrogen-bond acceptors (Lipinski definition) is 5. The molecule has 6 heteroatoms. The third-order valence-corrected chi connectivity index (χ3v) is 5.18. The van der Waals surface area contributed by atoms with Crippen LogP contribution in [0.5, 0.6) is 0 Å². The fraction of sp³-hybridized carbons (Fsp3) is 0.929. The highest BCUT2D eigenvalue weighted by atomic mass is 32.2. The van der Waals surface area contributed by atoms with Gasteiger partial charge in [0.2, 0.25) is 5.91 Å². The van der Waals surface area contributed by atoms with Crippen LogP contribution in [-0.2, 0) is 9.53 Å². The van der Waals surface area contributed by atoms with Gasteiger partial charge in [-0.05, 0) is 38.9 Å². The van der Waals surface area contributed by atoms with E-state index in [-0.39, 0.29) is 5.91 Å². The van der Waals surface area contributed by atoms with Crippen LogP contribution in [0.2, 0.25) is 0 Å². The number of morpholine rings is 1. The van der Waals surface area contributed by atoms with Gasteiger partial charge in [0.05, 0.1) is 19.0 Å². The maximum Gasteiger partial charge on any atom is 0.230 e. The van der Waals surface area contributed by atoms with Crippen LogP contribution >= 0.6 is 11.8 Å². The average molecular weight is 301 g/mol. The molecule has 2 N–H and O–H groups in total. The van der Waals surface area contributed by atoms with Gasteiger partial charge in [0, 0.05) is 24.9 Å². The van der Waals surface area contributed by atoms with Gasteiger partial charge in [0.15, 0.2) is 0 Å². The molecule has 0 aliphatic carbocycles. The highest BCUT2D eigenvalue weighted by Gasteiger charge is 2.15. The van der Waals surface area contributed by atoms with Crippen LogP contribution in [0.3, 0.4) is 0 Å². The summed E-state index contributed by atoms with van der Waals surface area (Å²) in [5, 5.41) is 7.04. The Morgan fingerprint density at radius 3 is 2.80 bits per heavy atom. The van der Waals surface area contributed by atoms with Crippen LogP contribution in [0.25, 0.3) is 0 Å². The summed E-state index contributed by atoms with van der Waals surface area (Å²) in [4.78, 5) is 14.2. The van der Waals surface area contributed by atoms with Gasteiger partial charge in [-0.3, -0.25) is 9.69 Å². The summed E-state index contributed by atoms with van der Waals surface area (Å²) in [5.41, 5.74) is 0. The third kappa shape index (κ3) is 6.43. The Balaban J connectivity index is 1.45. The van der Waals surface area contributed by atoms with Gasteiger partial charge >= 0.3 is 0 Å². The molecule has 0 aromatic rings. The number of piperidine rings is 1. The van der Waals surface area contributed by atoms with Crippen LogP contribution in [-0.4, -0.2) is 74.3 Å². The molecule has 2 aliphatic heterocycles. The third-order valence-electron chi connectivity index (χ3n) is 3.81. The van der Waals surface area contributed by atoms with E-state index in [1.807, 2.05) is 11.8 Å². The van der Waals surface area contributed by atoms with Gasteiger partial charge in [-0.1, -0.05) is 0 Å². The van der Waals surface area contributed by atoms with Gasteiger partial charge < -0.3 is 15.4 Å². The molecular weight excluding hydrogens is 274 g/mol. The number of carbonyl (C=O) groups is 1. The number of ether oxygens (including phenoxy) is 1. The number of carbonyl (C=O) groups excluding carboxylic acids is 1. The molecule has 0 bridgehead atoms. The molecule has 0 saturated carbocycles. The van der Waals surface area contributed by atoms with Crippen molar-refractivity contribution >= 4 is 17.7 Å². The molecule has 2 heterocycles. The summed E-state index contributed by atoms with van der Waals surface area (Å²) in [5.74, 6) is 0.804. The second kappa shape index (κ2) is 9.60. The zero-order valence-electron chi connectivity index (χ0n) is 12.2. The number of nitrogens with zero attached hydrogens (tertiary/aromatic N) is 1. The Morgan fingerprint density at radius 2 is 2.05 bits per heavy atom. The normalized spacial score (nSPS) is 21.8. The summed E-state index contributed by atoms with van der Waals surface area (Å²) in [7, 11) is 0. The van der Waals surface area contributed by atoms with E-state index in [1.165, 1.54) is 12.8 Å². The van der Waals surface area contributed by atoms with Gasteiger partial charge in [0.25, 0.3) is 0 Å². The Labute approximate surface area is 126 Å². The summed E-state index contributed by atoms with van der Waals surface area (Å²) in [6.45, 7) is 7.79. The van der Waals surface area contributed by atoms with Crippen LogP contribution in [0.1, 0.15) is 19.3 Å². The van der Waals surface area contributed by atoms with Crippen molar-refractivity contribution < 1.29 is 9.53 Å². The van der Waals surface area contributed by atoms with Crippen molar-refractivity contribution in [2.75, 3.05) is 58.2 Å². The minimum Gasteiger partial charge on any atom is -0.379 e. The summed E-state index contributed by atoms with van der Waals surface area (Å²) >= 11 is 1.81. The lowest BCUT2D eigenvalue weighted by Crippen LogP contribution is -2.38. The molecule has 5 nitrogen and oxygen atoms in total. The summed E-state index contributed by atoms with van der Waals surface area (Å²) in [6.07, 6.45) is 3.41. The van der Waals surface area contributed by atoms with Crippen molar-refractivity contribution in [3.05, 3.63) is 0 Å². The highest BCUT2D eigenvalue weighted by molar-refractivity contribution is 8.00. The molecule has 0 unspecified atom stereocenters. The molecule has 0 atom stereocenters. The van der Waals surface area contributed by atoms with E-state index >= 15 is 0 Å². The number of nitrogens with one attached hydrogen (secondary N) is 2. The maximum absolute atomic E-state index is 11.8. The first-order chi connectivity index (χ1) is 9.84. The van der Waals surface area contributed by atoms with Gasteiger partial charge in [-0.15, -0.1) is 11.8 Å². The van der Waals surface area contributed by atoms with Crippen molar-refractivity contribution in [2.45, 2.75) is 24.5 Å². The molecule has 1 amide bonds. The van der Waals surface area contributed by atoms with Crippen molar-refractivity contribution in [3.8, 4) is 0 Å². The van der Waals surface area contributed by atoms with Crippen molar-refractivity contribution in [1.29, 1.82) is 0 Å². The first-order valence-corrected chi connectivity index (χ1v) is 8.78. The minimum atomic E-state index is 0.190. The fourth-order valence-corrected chi connectivity index (χ4v) is 3.62. The Kier molecular flexibility index (Phi) is 7.72. The molecule has 0 radical (unpaired) electrons. The zero-order valence-corrected chi connectivity index (χ0v) is 13.1. The van der Waals surface area contributed by atoms with Crippen LogP contribution < -0.4 is 10.6 Å². The van der Waals surface area contributed by atoms with E-state index in [1.54, 1.807) is 0 Å². The molecule has 20 heavy (non-hydrogen) atoms. The van der Waals surface area contributed by atoms with E-state index in [0.29, 0.717) is 11.0 Å². The van der Waals surface area contributed by atoms with E-state index in [2.05, 4.69) is 15.5 Å². The topological polar surface area (TPSA) is 53.6 Å². The first kappa shape index (κ1) is 16.1. The lowest BCUT2D eigenvalue weighted by molar-refractivity contribution is -0.118. The van der Waals surface area contributed by atoms with Crippen molar-refractivity contribution in [1.82, 2.24) is 15.5 Å². The molecule has 2 fully saturated rings. The molecule has 2 saturated heterocycles. The first-order valence-electron chi connectivity index (χ1n) is 7.74. The molecular formula is C14H27N3O2S. The monoisotopic (exact) mass is 301 g/mol. The van der Waals surface area contributed by atoms with Gasteiger partial charge in [-0.25, -0.2) is 0 Å². The zero-order chi connectivity index (χ0) is 14.0. The summed E-state index contributed by atoms with van der Waals surface area (Å²) in [6, 6.07) is 0. The largest absolute Gasteiger partial charge is 0.379 e. The molecule has 0 aromatic carbocycles. The number of thioether (sulfide) groups is 1. The second-order valence-corrected chi connectivity index (χ2v) is 6.71. The van der Waals surface area contributed by atoms with Gasteiger partial charge in [0.1, 0.15) is 0 Å². The van der Waals surface area contributed by atoms with E-state index in [4.69, 9.17) is 4.74 Å². The maximum atomic E-state index is 11.8. The molecule has 2 aliphatic rings. The SMILES string of the molecule is O=C(CSC1CCNCC1)NCCCN1CCOCC1. The predicted octanol–water partition coefficient (Wildman–Crippen LogP) is 0.310. The lowest BCUT2D eigenvalue weighted by Gasteiger charge is -2.26. The van der Waals surface area contributed by atoms with Crippen molar-refractivity contribution in [3.63, 3.8) is 0 Å². The Bertz CT molecular complexity index is 280. The van der Waals surface area contributed by atoms with Crippen LogP contribution in [0.15, 0.2) is 0 Å². The number of hydrogen-bond donors (Lipinski definition) is 2. The molecule has 116 valence electrons. The molecule has 2 rings (SSSR count). The van der Waals surface area contributed by atoms with Gasteiger partial charge in [-0.2, -0.15) is 0 Å². The lowest BCUT2D eigenvalue weighted by atomic mass is 10.2. The number of rotatable bonds is 7. The van der Waals surface area contributed by atoms with E-state index in [0.717, 1.165) is 58.9 Å². The fourth-order valence-electron chi connectivity index (χ4n) is 2.56. The molecule has 0 spiro atoms. The van der Waals surface area contributed by atoms with Crippen LogP contribution in [0, 0.1) is 0 Å². The van der Waals surface area contributed by atoms with E-state index < -0.39 is 0 Å². The quantitative estimate of drug-likeness (QED) is 0.663. The Morgan fingerprint density at radius 1 is 1.30 bits per heavy atom. The smallest absolute Gasteiger partial charge is 0.230 e. The standard InChI is InChI=1S/C14H27N3O2S/c18-14(12-20-13-2-5-15-6-3-13)16-4-1-7-17-8-10-19-11-9-17/h13,15H,1-12H2,(H,16,18). The second-order valence-electron chi connectivity index (χ2n) is 5.42. The average Bonchev–Trinajstić information content (AvgIpc) is 2.52. The summed E-state index contributed by atoms with van der Waals surface area (Å²) < 4.78 is 5.32. The molecule has 0 aromatic heterocycles. The predicted molar refractivity (Wildman–Crippen MR) is 83.2 cm³/mol. The number of amides is 1. The minimum absolute atomic E-state index is 0.190. The van der Waals surface area contributed by atoms with E-state index in [9.17, 15) is 4.79 Å².